The van der Waals surface area contributed by atoms with Gasteiger partial charge in [-0.2, -0.15) is 0 Å². The number of nitrogens with zero attached hydrogens (tertiary/aromatic N) is 5. The van der Waals surface area contributed by atoms with Gasteiger partial charge in [0.15, 0.2) is 0 Å². The summed E-state index contributed by atoms with van der Waals surface area (Å²) in [5, 5.41) is 16.1. The fraction of sp³-hybridized carbons (Fsp3) is 0.471. The zero-order valence-corrected chi connectivity index (χ0v) is 15.3. The Hall–Kier alpha value is -2.81. The Balaban J connectivity index is 1.71. The molecular weight excluding hydrogens is 334 g/mol. The SMILES string of the molecule is CC(C)N(C)CCCCNC(=O)C(=O)Nc1ccc(-n2cnnn2)cc1. The number of anilines is 1. The number of amides is 2. The third-order valence-electron chi connectivity index (χ3n) is 4.05. The van der Waals surface area contributed by atoms with E-state index < -0.39 is 11.8 Å². The maximum atomic E-state index is 11.9. The fourth-order valence-corrected chi connectivity index (χ4v) is 2.19. The van der Waals surface area contributed by atoms with Crippen LogP contribution in [0.1, 0.15) is 26.7 Å². The van der Waals surface area contributed by atoms with Crippen LogP contribution in [-0.4, -0.2) is 63.1 Å². The molecule has 26 heavy (non-hydrogen) atoms. The molecule has 0 radical (unpaired) electrons. The fourth-order valence-electron chi connectivity index (χ4n) is 2.19. The summed E-state index contributed by atoms with van der Waals surface area (Å²) in [6.07, 6.45) is 3.27. The minimum atomic E-state index is -0.681. The van der Waals surface area contributed by atoms with E-state index in [0.717, 1.165) is 25.1 Å². The van der Waals surface area contributed by atoms with Crippen LogP contribution < -0.4 is 10.6 Å². The van der Waals surface area contributed by atoms with Crippen LogP contribution in [0.25, 0.3) is 5.69 Å². The largest absolute Gasteiger partial charge is 0.348 e. The van der Waals surface area contributed by atoms with Gasteiger partial charge in [-0.15, -0.1) is 5.10 Å². The minimum Gasteiger partial charge on any atom is -0.348 e. The first-order chi connectivity index (χ1) is 12.5. The molecule has 0 aliphatic heterocycles. The van der Waals surface area contributed by atoms with Crippen LogP contribution in [0.5, 0.6) is 0 Å². The Bertz CT molecular complexity index is 698. The number of hydrogen-bond acceptors (Lipinski definition) is 6. The van der Waals surface area contributed by atoms with Gasteiger partial charge in [0, 0.05) is 18.3 Å². The second kappa shape index (κ2) is 9.62. The van der Waals surface area contributed by atoms with Crippen molar-refractivity contribution in [3.05, 3.63) is 30.6 Å². The minimum absolute atomic E-state index is 0.483. The number of carbonyl (C=O) groups is 2. The van der Waals surface area contributed by atoms with Crippen molar-refractivity contribution in [2.45, 2.75) is 32.7 Å². The Labute approximate surface area is 152 Å². The molecule has 0 unspecified atom stereocenters. The Kier molecular flexibility index (Phi) is 7.22. The zero-order valence-electron chi connectivity index (χ0n) is 15.3. The second-order valence-corrected chi connectivity index (χ2v) is 6.29. The number of nitrogens with one attached hydrogen (secondary N) is 2. The number of benzene rings is 1. The molecule has 0 aliphatic carbocycles. The zero-order chi connectivity index (χ0) is 18.9. The van der Waals surface area contributed by atoms with Gasteiger partial charge in [0.25, 0.3) is 0 Å². The van der Waals surface area contributed by atoms with Gasteiger partial charge in [-0.25, -0.2) is 4.68 Å². The topological polar surface area (TPSA) is 105 Å². The molecule has 0 atom stereocenters. The molecule has 140 valence electrons. The number of unbranched alkanes of at least 4 members (excludes halogenated alkanes) is 1. The molecule has 9 nitrogen and oxygen atoms in total. The highest BCUT2D eigenvalue weighted by molar-refractivity contribution is 6.39. The van der Waals surface area contributed by atoms with E-state index in [4.69, 9.17) is 0 Å². The number of rotatable bonds is 8. The average Bonchev–Trinajstić information content (AvgIpc) is 3.16. The standard InChI is InChI=1S/C17H25N7O2/c1-13(2)23(3)11-5-4-10-18-16(25)17(26)20-14-6-8-15(9-7-14)24-12-19-21-22-24/h6-9,12-13H,4-5,10-11H2,1-3H3,(H,18,25)(H,20,26). The second-order valence-electron chi connectivity index (χ2n) is 6.29. The molecule has 0 spiro atoms. The lowest BCUT2D eigenvalue weighted by Gasteiger charge is -2.20. The van der Waals surface area contributed by atoms with Crippen LogP contribution in [-0.2, 0) is 9.59 Å². The van der Waals surface area contributed by atoms with Crippen molar-refractivity contribution < 1.29 is 9.59 Å². The van der Waals surface area contributed by atoms with Crippen LogP contribution in [0, 0.1) is 0 Å². The molecule has 2 amide bonds. The predicted molar refractivity (Wildman–Crippen MR) is 97.8 cm³/mol. The Morgan fingerprint density at radius 1 is 1.15 bits per heavy atom. The first-order valence-corrected chi connectivity index (χ1v) is 8.60. The maximum absolute atomic E-state index is 11.9. The molecule has 2 aromatic rings. The first-order valence-electron chi connectivity index (χ1n) is 8.60. The van der Waals surface area contributed by atoms with Gasteiger partial charge in [-0.05, 0) is 75.0 Å². The molecule has 9 heteroatoms. The maximum Gasteiger partial charge on any atom is 0.313 e. The number of tetrazole rings is 1. The lowest BCUT2D eigenvalue weighted by molar-refractivity contribution is -0.136. The molecule has 1 aromatic heterocycles. The van der Waals surface area contributed by atoms with Gasteiger partial charge in [0.05, 0.1) is 5.69 Å². The lowest BCUT2D eigenvalue weighted by Crippen LogP contribution is -2.36. The smallest absolute Gasteiger partial charge is 0.313 e. The monoisotopic (exact) mass is 359 g/mol. The van der Waals surface area contributed by atoms with Gasteiger partial charge >= 0.3 is 11.8 Å². The van der Waals surface area contributed by atoms with E-state index in [-0.39, 0.29) is 0 Å². The third kappa shape index (κ3) is 5.92. The third-order valence-corrected chi connectivity index (χ3v) is 4.05. The number of hydrogen-bond donors (Lipinski definition) is 2. The van der Waals surface area contributed by atoms with Crippen molar-refractivity contribution in [2.24, 2.45) is 0 Å². The van der Waals surface area contributed by atoms with E-state index in [1.165, 1.54) is 11.0 Å². The highest BCUT2D eigenvalue weighted by Gasteiger charge is 2.13. The molecule has 0 saturated carbocycles. The Morgan fingerprint density at radius 2 is 1.88 bits per heavy atom. The van der Waals surface area contributed by atoms with Crippen molar-refractivity contribution in [1.82, 2.24) is 30.4 Å². The van der Waals surface area contributed by atoms with Crippen LogP contribution >= 0.6 is 0 Å². The summed E-state index contributed by atoms with van der Waals surface area (Å²) in [4.78, 5) is 26.0. The van der Waals surface area contributed by atoms with Crippen LogP contribution in [0.15, 0.2) is 30.6 Å². The summed E-state index contributed by atoms with van der Waals surface area (Å²) in [6, 6.07) is 7.36. The van der Waals surface area contributed by atoms with Gasteiger partial charge < -0.3 is 15.5 Å². The summed E-state index contributed by atoms with van der Waals surface area (Å²) in [6.45, 7) is 5.73. The van der Waals surface area contributed by atoms with Crippen LogP contribution in [0.3, 0.4) is 0 Å². The van der Waals surface area contributed by atoms with Gasteiger partial charge in [-0.3, -0.25) is 9.59 Å². The predicted octanol–water partition coefficient (Wildman–Crippen LogP) is 0.837. The highest BCUT2D eigenvalue weighted by atomic mass is 16.2. The molecule has 0 saturated heterocycles. The van der Waals surface area contributed by atoms with Crippen molar-refractivity contribution in [3.63, 3.8) is 0 Å². The van der Waals surface area contributed by atoms with Crippen molar-refractivity contribution >= 4 is 17.5 Å². The highest BCUT2D eigenvalue weighted by Crippen LogP contribution is 2.11. The molecule has 2 N–H and O–H groups in total. The molecule has 1 aromatic carbocycles. The van der Waals surface area contributed by atoms with Crippen LogP contribution in [0.2, 0.25) is 0 Å². The normalized spacial score (nSPS) is 11.0. The van der Waals surface area contributed by atoms with E-state index in [1.807, 2.05) is 0 Å². The Morgan fingerprint density at radius 3 is 2.50 bits per heavy atom. The van der Waals surface area contributed by atoms with Crippen molar-refractivity contribution in [2.75, 3.05) is 25.5 Å². The van der Waals surface area contributed by atoms with Crippen molar-refractivity contribution in [3.8, 4) is 5.69 Å². The van der Waals surface area contributed by atoms with Crippen LogP contribution in [0.4, 0.5) is 5.69 Å². The number of aromatic nitrogens is 4. The summed E-state index contributed by atoms with van der Waals surface area (Å²) in [7, 11) is 2.07. The molecule has 1 heterocycles. The van der Waals surface area contributed by atoms with E-state index in [1.54, 1.807) is 24.3 Å². The molecular formula is C17H25N7O2. The first kappa shape index (κ1) is 19.5. The average molecular weight is 359 g/mol. The van der Waals surface area contributed by atoms with Gasteiger partial charge in [0.1, 0.15) is 6.33 Å². The van der Waals surface area contributed by atoms with E-state index in [2.05, 4.69) is 52.0 Å². The summed E-state index contributed by atoms with van der Waals surface area (Å²) in [5.41, 5.74) is 1.28. The van der Waals surface area contributed by atoms with Gasteiger partial charge in [-0.1, -0.05) is 0 Å². The summed E-state index contributed by atoms with van der Waals surface area (Å²) in [5.74, 6) is -1.31. The lowest BCUT2D eigenvalue weighted by atomic mass is 10.2. The quantitative estimate of drug-likeness (QED) is 0.534. The molecule has 0 fully saturated rings. The van der Waals surface area contributed by atoms with E-state index in [0.29, 0.717) is 18.3 Å². The molecule has 0 bridgehead atoms. The van der Waals surface area contributed by atoms with Crippen molar-refractivity contribution in [1.29, 1.82) is 0 Å². The molecule has 0 aliphatic rings. The van der Waals surface area contributed by atoms with E-state index >= 15 is 0 Å². The number of carbonyl (C=O) groups excluding carboxylic acids is 2. The molecule has 2 rings (SSSR count). The van der Waals surface area contributed by atoms with Gasteiger partial charge in [0.2, 0.25) is 0 Å². The van der Waals surface area contributed by atoms with E-state index in [9.17, 15) is 9.59 Å². The summed E-state index contributed by atoms with van der Waals surface area (Å²) < 4.78 is 1.50. The summed E-state index contributed by atoms with van der Waals surface area (Å²) >= 11 is 0.